The zero-order valence-corrected chi connectivity index (χ0v) is 17.7. The van der Waals surface area contributed by atoms with Crippen molar-refractivity contribution in [3.05, 3.63) is 30.1 Å². The molecule has 0 spiro atoms. The van der Waals surface area contributed by atoms with Crippen LogP contribution in [0.5, 0.6) is 0 Å². The van der Waals surface area contributed by atoms with Crippen molar-refractivity contribution in [1.29, 1.82) is 0 Å². The van der Waals surface area contributed by atoms with Crippen LogP contribution in [0.4, 0.5) is 26.3 Å². The minimum atomic E-state index is -5.19. The SMILES string of the molecule is CCS(=O)(=O)c1cc(C(F)(F)F)cnc1-c1nc2cc(S(=O)C(F)(F)F)[n+](O)cc2n1C. The van der Waals surface area contributed by atoms with Crippen LogP contribution in [0.3, 0.4) is 0 Å². The van der Waals surface area contributed by atoms with E-state index in [1.807, 2.05) is 0 Å². The molecule has 0 saturated heterocycles. The molecule has 0 amide bonds. The molecule has 3 aromatic heterocycles. The first kappa shape index (κ1) is 23.9. The number of rotatable bonds is 4. The number of hydrogen-bond donors (Lipinski definition) is 1. The summed E-state index contributed by atoms with van der Waals surface area (Å²) in [5.74, 6) is -0.853. The highest BCUT2D eigenvalue weighted by atomic mass is 32.2. The zero-order chi connectivity index (χ0) is 24.2. The average molecular weight is 503 g/mol. The van der Waals surface area contributed by atoms with Crippen LogP contribution in [0, 0.1) is 0 Å². The third kappa shape index (κ3) is 4.15. The van der Waals surface area contributed by atoms with Gasteiger partial charge in [0.25, 0.3) is 0 Å². The average Bonchev–Trinajstić information content (AvgIpc) is 3.00. The van der Waals surface area contributed by atoms with Crippen LogP contribution in [-0.2, 0) is 33.9 Å². The number of aryl methyl sites for hydroxylation is 1. The maximum absolute atomic E-state index is 13.1. The summed E-state index contributed by atoms with van der Waals surface area (Å²) < 4.78 is 115. The Labute approximate surface area is 178 Å². The lowest BCUT2D eigenvalue weighted by molar-refractivity contribution is -0.932. The van der Waals surface area contributed by atoms with Crippen LogP contribution in [0.25, 0.3) is 22.6 Å². The van der Waals surface area contributed by atoms with Gasteiger partial charge in [0.15, 0.2) is 15.7 Å². The van der Waals surface area contributed by atoms with Crippen molar-refractivity contribution in [3.8, 4) is 11.5 Å². The number of imidazole rings is 1. The first-order valence-corrected chi connectivity index (χ1v) is 11.3. The Morgan fingerprint density at radius 3 is 2.34 bits per heavy atom. The molecule has 0 aliphatic heterocycles. The van der Waals surface area contributed by atoms with Gasteiger partial charge in [-0.25, -0.2) is 17.6 Å². The molecule has 0 saturated carbocycles. The second kappa shape index (κ2) is 7.68. The number of pyridine rings is 2. The van der Waals surface area contributed by atoms with Gasteiger partial charge in [0.1, 0.15) is 16.7 Å². The Morgan fingerprint density at radius 1 is 1.19 bits per heavy atom. The summed E-state index contributed by atoms with van der Waals surface area (Å²) in [5, 5.41) is 8.78. The lowest BCUT2D eigenvalue weighted by atomic mass is 10.2. The molecular formula is C16H13F6N4O4S2+. The quantitative estimate of drug-likeness (QED) is 0.333. The number of halogens is 6. The fourth-order valence-corrected chi connectivity index (χ4v) is 4.52. The maximum Gasteiger partial charge on any atom is 0.481 e. The molecule has 1 atom stereocenters. The van der Waals surface area contributed by atoms with Crippen LogP contribution in [0.15, 0.2) is 34.4 Å². The van der Waals surface area contributed by atoms with Crippen molar-refractivity contribution < 1.29 is 48.9 Å². The number of alkyl halides is 6. The maximum atomic E-state index is 13.1. The Kier molecular flexibility index (Phi) is 5.74. The largest absolute Gasteiger partial charge is 0.481 e. The molecule has 1 N–H and O–H groups in total. The smallest absolute Gasteiger partial charge is 0.321 e. The zero-order valence-electron chi connectivity index (χ0n) is 16.1. The highest BCUT2D eigenvalue weighted by molar-refractivity contribution is 7.91. The molecule has 3 aromatic rings. The third-order valence-corrected chi connectivity index (χ3v) is 7.25. The summed E-state index contributed by atoms with van der Waals surface area (Å²) in [6.07, 6.45) is -3.72. The lowest BCUT2D eigenvalue weighted by Gasteiger charge is -2.12. The Morgan fingerprint density at radius 2 is 1.81 bits per heavy atom. The van der Waals surface area contributed by atoms with Crippen LogP contribution in [-0.4, -0.2) is 43.6 Å². The Hall–Kier alpha value is -2.75. The van der Waals surface area contributed by atoms with Gasteiger partial charge in [0.05, 0.1) is 22.3 Å². The molecule has 8 nitrogen and oxygen atoms in total. The first-order valence-electron chi connectivity index (χ1n) is 8.48. The van der Waals surface area contributed by atoms with E-state index < -0.39 is 59.3 Å². The van der Waals surface area contributed by atoms with Gasteiger partial charge in [0.2, 0.25) is 17.0 Å². The van der Waals surface area contributed by atoms with Gasteiger partial charge < -0.3 is 4.57 Å². The molecule has 0 radical (unpaired) electrons. The molecular weight excluding hydrogens is 490 g/mol. The second-order valence-corrected chi connectivity index (χ2v) is 10.1. The fourth-order valence-electron chi connectivity index (χ4n) is 2.78. The summed E-state index contributed by atoms with van der Waals surface area (Å²) in [5.41, 5.74) is -7.24. The molecule has 0 bridgehead atoms. The summed E-state index contributed by atoms with van der Waals surface area (Å²) in [7, 11) is -6.56. The van der Waals surface area contributed by atoms with Gasteiger partial charge in [-0.1, -0.05) is 6.92 Å². The highest BCUT2D eigenvalue weighted by Gasteiger charge is 2.44. The number of fused-ring (bicyclic) bond motifs is 1. The number of sulfone groups is 1. The van der Waals surface area contributed by atoms with E-state index in [4.69, 9.17) is 0 Å². The van der Waals surface area contributed by atoms with E-state index in [1.165, 1.54) is 14.0 Å². The van der Waals surface area contributed by atoms with Crippen molar-refractivity contribution in [2.75, 3.05) is 5.75 Å². The molecule has 0 aliphatic carbocycles. The van der Waals surface area contributed by atoms with E-state index in [1.54, 1.807) is 0 Å². The molecule has 32 heavy (non-hydrogen) atoms. The predicted octanol–water partition coefficient (Wildman–Crippen LogP) is 2.60. The molecule has 1 unspecified atom stereocenters. The van der Waals surface area contributed by atoms with Crippen molar-refractivity contribution in [2.45, 2.75) is 28.5 Å². The van der Waals surface area contributed by atoms with Crippen molar-refractivity contribution in [2.24, 2.45) is 7.05 Å². The van der Waals surface area contributed by atoms with E-state index in [0.717, 1.165) is 10.8 Å². The standard InChI is InChI=1S/C16H13F6N4O4S2/c1-3-32(29,30)11-4-8(15(17,18)19)6-23-13(11)14-24-9-5-12(31(28)16(20,21)22)26(27)7-10(9)25(14)2/h4-7,27H,3H2,1-2H3/q+1. The summed E-state index contributed by atoms with van der Waals surface area (Å²) in [6.45, 7) is 1.21. The van der Waals surface area contributed by atoms with Crippen molar-refractivity contribution >= 4 is 31.7 Å². The summed E-state index contributed by atoms with van der Waals surface area (Å²) in [4.78, 5) is 6.82. The molecule has 0 aromatic carbocycles. The molecule has 0 fully saturated rings. The number of nitrogens with zero attached hydrogens (tertiary/aromatic N) is 4. The predicted molar refractivity (Wildman–Crippen MR) is 96.5 cm³/mol. The molecule has 16 heteroatoms. The summed E-state index contributed by atoms with van der Waals surface area (Å²) in [6, 6.07) is 1.07. The van der Waals surface area contributed by atoms with Crippen LogP contribution in [0.1, 0.15) is 12.5 Å². The number of hydrogen-bond acceptors (Lipinski definition) is 6. The van der Waals surface area contributed by atoms with Gasteiger partial charge >= 0.3 is 16.7 Å². The minimum absolute atomic E-state index is 0.0265. The second-order valence-electron chi connectivity index (χ2n) is 6.41. The van der Waals surface area contributed by atoms with Crippen LogP contribution in [0.2, 0.25) is 0 Å². The van der Waals surface area contributed by atoms with Gasteiger partial charge in [0, 0.05) is 18.0 Å². The molecule has 174 valence electrons. The fraction of sp³-hybridized carbons (Fsp3) is 0.312. The van der Waals surface area contributed by atoms with Crippen LogP contribution < -0.4 is 4.73 Å². The number of aromatic nitrogens is 4. The van der Waals surface area contributed by atoms with Crippen molar-refractivity contribution in [3.63, 3.8) is 0 Å². The minimum Gasteiger partial charge on any atom is -0.321 e. The Balaban J connectivity index is 2.31. The molecule has 3 rings (SSSR count). The third-order valence-electron chi connectivity index (χ3n) is 4.41. The monoisotopic (exact) mass is 503 g/mol. The van der Waals surface area contributed by atoms with Gasteiger partial charge in [-0.3, -0.25) is 10.2 Å². The normalized spacial score (nSPS) is 14.1. The Bertz CT molecular complexity index is 1350. The van der Waals surface area contributed by atoms with Gasteiger partial charge in [-0.05, 0) is 6.07 Å². The molecule has 0 aliphatic rings. The van der Waals surface area contributed by atoms with Crippen molar-refractivity contribution in [1.82, 2.24) is 14.5 Å². The molecule has 3 heterocycles. The van der Waals surface area contributed by atoms with E-state index in [2.05, 4.69) is 9.97 Å². The van der Waals surface area contributed by atoms with E-state index in [9.17, 15) is 44.2 Å². The van der Waals surface area contributed by atoms with E-state index in [-0.39, 0.29) is 21.6 Å². The summed E-state index contributed by atoms with van der Waals surface area (Å²) >= 11 is 0. The van der Waals surface area contributed by atoms with Crippen LogP contribution >= 0.6 is 0 Å². The topological polar surface area (TPSA) is 106 Å². The van der Waals surface area contributed by atoms with Gasteiger partial charge in [-0.15, -0.1) is 0 Å². The van der Waals surface area contributed by atoms with Gasteiger partial charge in [-0.2, -0.15) is 26.3 Å². The highest BCUT2D eigenvalue weighted by Crippen LogP contribution is 2.35. The van der Waals surface area contributed by atoms with E-state index >= 15 is 0 Å². The lowest BCUT2D eigenvalue weighted by Crippen LogP contribution is -2.38. The first-order chi connectivity index (χ1) is 14.6. The van der Waals surface area contributed by atoms with E-state index in [0.29, 0.717) is 18.3 Å².